The standard InChI is InChI=1S/C17H16BrN5/c18-14-4-1-3-13-15(6-8-19-17(13)14)22-9-11-23(12-10-22)16-5-2-7-20-21-16/h1-8H,9-12H2. The van der Waals surface area contributed by atoms with Crippen molar-refractivity contribution < 1.29 is 0 Å². The van der Waals surface area contributed by atoms with Crippen LogP contribution < -0.4 is 9.80 Å². The first-order chi connectivity index (χ1) is 11.3. The van der Waals surface area contributed by atoms with Crippen LogP contribution in [0, 0.1) is 0 Å². The molecule has 1 aliphatic heterocycles. The largest absolute Gasteiger partial charge is 0.367 e. The molecule has 1 aromatic carbocycles. The summed E-state index contributed by atoms with van der Waals surface area (Å²) in [5.41, 5.74) is 2.26. The van der Waals surface area contributed by atoms with E-state index in [9.17, 15) is 0 Å². The van der Waals surface area contributed by atoms with E-state index in [2.05, 4.69) is 59.1 Å². The Labute approximate surface area is 143 Å². The third-order valence-electron chi connectivity index (χ3n) is 4.20. The van der Waals surface area contributed by atoms with Crippen LogP contribution in [0.25, 0.3) is 10.9 Å². The van der Waals surface area contributed by atoms with Gasteiger partial charge in [0.15, 0.2) is 5.82 Å². The maximum atomic E-state index is 4.50. The van der Waals surface area contributed by atoms with Crippen molar-refractivity contribution in [1.82, 2.24) is 15.2 Å². The number of anilines is 2. The van der Waals surface area contributed by atoms with Crippen molar-refractivity contribution >= 4 is 38.3 Å². The summed E-state index contributed by atoms with van der Waals surface area (Å²) < 4.78 is 1.04. The van der Waals surface area contributed by atoms with E-state index < -0.39 is 0 Å². The molecule has 23 heavy (non-hydrogen) atoms. The molecule has 116 valence electrons. The highest BCUT2D eigenvalue weighted by Gasteiger charge is 2.20. The fourth-order valence-corrected chi connectivity index (χ4v) is 3.51. The van der Waals surface area contributed by atoms with Crippen molar-refractivity contribution in [3.05, 3.63) is 53.3 Å². The van der Waals surface area contributed by atoms with Crippen LogP contribution >= 0.6 is 15.9 Å². The third kappa shape index (κ3) is 2.74. The number of piperazine rings is 1. The van der Waals surface area contributed by atoms with Crippen LogP contribution in [0.15, 0.2) is 53.3 Å². The number of aromatic nitrogens is 3. The second kappa shape index (κ2) is 6.12. The number of para-hydroxylation sites is 1. The number of rotatable bonds is 2. The predicted molar refractivity (Wildman–Crippen MR) is 95.9 cm³/mol. The molecule has 0 unspecified atom stereocenters. The van der Waals surface area contributed by atoms with Gasteiger partial charge in [-0.3, -0.25) is 4.98 Å². The molecule has 3 aromatic rings. The number of pyridine rings is 1. The number of hydrogen-bond donors (Lipinski definition) is 0. The van der Waals surface area contributed by atoms with E-state index in [-0.39, 0.29) is 0 Å². The molecule has 0 N–H and O–H groups in total. The molecule has 1 fully saturated rings. The molecule has 0 bridgehead atoms. The van der Waals surface area contributed by atoms with Crippen LogP contribution in [0.5, 0.6) is 0 Å². The van der Waals surface area contributed by atoms with Crippen LogP contribution in [0.2, 0.25) is 0 Å². The number of nitrogens with zero attached hydrogens (tertiary/aromatic N) is 5. The zero-order chi connectivity index (χ0) is 15.6. The lowest BCUT2D eigenvalue weighted by atomic mass is 10.1. The first-order valence-corrected chi connectivity index (χ1v) is 8.43. The molecule has 0 radical (unpaired) electrons. The molecule has 0 saturated carbocycles. The smallest absolute Gasteiger partial charge is 0.151 e. The second-order valence-corrected chi connectivity index (χ2v) is 6.38. The van der Waals surface area contributed by atoms with Gasteiger partial charge in [0.2, 0.25) is 0 Å². The van der Waals surface area contributed by atoms with Gasteiger partial charge in [-0.05, 0) is 40.2 Å². The molecule has 1 aliphatic rings. The van der Waals surface area contributed by atoms with E-state index in [1.165, 1.54) is 11.1 Å². The molecule has 0 atom stereocenters. The van der Waals surface area contributed by atoms with Gasteiger partial charge in [0.1, 0.15) is 0 Å². The summed E-state index contributed by atoms with van der Waals surface area (Å²) in [6.07, 6.45) is 3.60. The molecule has 1 saturated heterocycles. The van der Waals surface area contributed by atoms with Crippen molar-refractivity contribution in [2.75, 3.05) is 36.0 Å². The fraction of sp³-hybridized carbons (Fsp3) is 0.235. The Morgan fingerprint density at radius 2 is 1.70 bits per heavy atom. The monoisotopic (exact) mass is 369 g/mol. The molecule has 5 nitrogen and oxygen atoms in total. The van der Waals surface area contributed by atoms with Gasteiger partial charge >= 0.3 is 0 Å². The Bertz CT molecular complexity index is 816. The van der Waals surface area contributed by atoms with E-state index in [1.54, 1.807) is 6.20 Å². The van der Waals surface area contributed by atoms with Crippen molar-refractivity contribution in [1.29, 1.82) is 0 Å². The molecule has 6 heteroatoms. The summed E-state index contributed by atoms with van der Waals surface area (Å²) in [5, 5.41) is 9.36. The molecular weight excluding hydrogens is 354 g/mol. The summed E-state index contributed by atoms with van der Waals surface area (Å²) in [7, 11) is 0. The molecule has 4 rings (SSSR count). The highest BCUT2D eigenvalue weighted by molar-refractivity contribution is 9.10. The summed E-state index contributed by atoms with van der Waals surface area (Å²) >= 11 is 3.59. The second-order valence-electron chi connectivity index (χ2n) is 5.52. The molecule has 0 spiro atoms. The Balaban J connectivity index is 1.58. The van der Waals surface area contributed by atoms with Crippen LogP contribution in [0.1, 0.15) is 0 Å². The molecule has 0 aliphatic carbocycles. The molecule has 0 amide bonds. The van der Waals surface area contributed by atoms with Crippen molar-refractivity contribution in [3.8, 4) is 0 Å². The van der Waals surface area contributed by atoms with E-state index in [0.29, 0.717) is 0 Å². The third-order valence-corrected chi connectivity index (χ3v) is 4.84. The average molecular weight is 370 g/mol. The Morgan fingerprint density at radius 1 is 0.870 bits per heavy atom. The summed E-state index contributed by atoms with van der Waals surface area (Å²) in [6.45, 7) is 3.80. The predicted octanol–water partition coefficient (Wildman–Crippen LogP) is 3.11. The van der Waals surface area contributed by atoms with Crippen molar-refractivity contribution in [2.24, 2.45) is 0 Å². The maximum Gasteiger partial charge on any atom is 0.151 e. The fourth-order valence-electron chi connectivity index (χ4n) is 3.04. The van der Waals surface area contributed by atoms with E-state index in [1.807, 2.05) is 24.4 Å². The first-order valence-electron chi connectivity index (χ1n) is 7.64. The normalized spacial score (nSPS) is 15.2. The Morgan fingerprint density at radius 3 is 2.48 bits per heavy atom. The topological polar surface area (TPSA) is 45.2 Å². The van der Waals surface area contributed by atoms with Gasteiger partial charge in [0, 0.05) is 54.1 Å². The highest BCUT2D eigenvalue weighted by Crippen LogP contribution is 2.30. The zero-order valence-corrected chi connectivity index (χ0v) is 14.1. The average Bonchev–Trinajstić information content (AvgIpc) is 2.63. The SMILES string of the molecule is Brc1cccc2c(N3CCN(c4cccnn4)CC3)ccnc12. The van der Waals surface area contributed by atoms with Crippen molar-refractivity contribution in [2.45, 2.75) is 0 Å². The van der Waals surface area contributed by atoms with Crippen LogP contribution in [0.4, 0.5) is 11.5 Å². The quantitative estimate of drug-likeness (QED) is 0.694. The summed E-state index contributed by atoms with van der Waals surface area (Å²) in [6, 6.07) is 12.3. The van der Waals surface area contributed by atoms with Crippen LogP contribution in [-0.2, 0) is 0 Å². The highest BCUT2D eigenvalue weighted by atomic mass is 79.9. The lowest BCUT2D eigenvalue weighted by molar-refractivity contribution is 0.645. The number of benzene rings is 1. The van der Waals surface area contributed by atoms with Crippen LogP contribution in [0.3, 0.4) is 0 Å². The number of halogens is 1. The minimum Gasteiger partial charge on any atom is -0.367 e. The Kier molecular flexibility index (Phi) is 3.83. The lowest BCUT2D eigenvalue weighted by Crippen LogP contribution is -2.47. The van der Waals surface area contributed by atoms with Gasteiger partial charge in [-0.15, -0.1) is 5.10 Å². The number of fused-ring (bicyclic) bond motifs is 1. The minimum atomic E-state index is 0.941. The van der Waals surface area contributed by atoms with Crippen molar-refractivity contribution in [3.63, 3.8) is 0 Å². The van der Waals surface area contributed by atoms with Gasteiger partial charge in [0.25, 0.3) is 0 Å². The van der Waals surface area contributed by atoms with Gasteiger partial charge in [-0.2, -0.15) is 5.10 Å². The van der Waals surface area contributed by atoms with Gasteiger partial charge < -0.3 is 9.80 Å². The molecule has 2 aromatic heterocycles. The van der Waals surface area contributed by atoms with E-state index in [4.69, 9.17) is 0 Å². The van der Waals surface area contributed by atoms with Crippen LogP contribution in [-0.4, -0.2) is 41.4 Å². The Hall–Kier alpha value is -2.21. The summed E-state index contributed by atoms with van der Waals surface area (Å²) in [4.78, 5) is 9.20. The maximum absolute atomic E-state index is 4.50. The van der Waals surface area contributed by atoms with Gasteiger partial charge in [0.05, 0.1) is 5.52 Å². The van der Waals surface area contributed by atoms with Gasteiger partial charge in [-0.1, -0.05) is 12.1 Å². The molecule has 3 heterocycles. The van der Waals surface area contributed by atoms with E-state index in [0.717, 1.165) is 42.0 Å². The number of hydrogen-bond acceptors (Lipinski definition) is 5. The first kappa shape index (κ1) is 14.4. The summed E-state index contributed by atoms with van der Waals surface area (Å²) in [5.74, 6) is 0.953. The molecular formula is C17H16BrN5. The minimum absolute atomic E-state index is 0.941. The zero-order valence-electron chi connectivity index (χ0n) is 12.6. The van der Waals surface area contributed by atoms with E-state index >= 15 is 0 Å². The lowest BCUT2D eigenvalue weighted by Gasteiger charge is -2.36. The van der Waals surface area contributed by atoms with Gasteiger partial charge in [-0.25, -0.2) is 0 Å².